The van der Waals surface area contributed by atoms with Crippen molar-refractivity contribution in [1.29, 1.82) is 0 Å². The molecule has 1 aliphatic rings. The highest BCUT2D eigenvalue weighted by molar-refractivity contribution is 5.78. The van der Waals surface area contributed by atoms with E-state index in [2.05, 4.69) is 9.74 Å². The quantitative estimate of drug-likeness (QED) is 0.560. The molecule has 0 spiro atoms. The van der Waals surface area contributed by atoms with Crippen LogP contribution in [0.5, 0.6) is 0 Å². The van der Waals surface area contributed by atoms with Crippen molar-refractivity contribution >= 4 is 5.91 Å². The van der Waals surface area contributed by atoms with Crippen molar-refractivity contribution in [3.63, 3.8) is 0 Å². The summed E-state index contributed by atoms with van der Waals surface area (Å²) in [5.74, 6) is -0.250. The van der Waals surface area contributed by atoms with Gasteiger partial charge in [0.25, 0.3) is 0 Å². The molecule has 17 heavy (non-hydrogen) atoms. The maximum absolute atomic E-state index is 11.7. The number of rotatable bonds is 4. The van der Waals surface area contributed by atoms with Gasteiger partial charge in [0.1, 0.15) is 6.54 Å². The maximum Gasteiger partial charge on any atom is 0.413 e. The molecule has 1 saturated heterocycles. The summed E-state index contributed by atoms with van der Waals surface area (Å²) < 4.78 is 35.1. The van der Waals surface area contributed by atoms with E-state index in [1.54, 1.807) is 4.90 Å². The van der Waals surface area contributed by atoms with Gasteiger partial charge in [-0.1, -0.05) is 0 Å². The molecule has 100 valence electrons. The fraction of sp³-hybridized carbons (Fsp3) is 0.889. The minimum absolute atomic E-state index is 0.236. The standard InChI is InChI=1S/C9H16F3N3O2/c1-14-2-4-15(5-3-14)8(16)6-13-17-7-9(10,11)12/h13H,2-7H2,1H3. The van der Waals surface area contributed by atoms with Crippen molar-refractivity contribution in [3.05, 3.63) is 0 Å². The molecule has 8 heteroatoms. The van der Waals surface area contributed by atoms with Crippen LogP contribution in [-0.2, 0) is 9.63 Å². The summed E-state index contributed by atoms with van der Waals surface area (Å²) in [5, 5.41) is 0. The van der Waals surface area contributed by atoms with Gasteiger partial charge in [-0.15, -0.1) is 0 Å². The third-order valence-electron chi connectivity index (χ3n) is 2.42. The summed E-state index contributed by atoms with van der Waals surface area (Å²) in [6.45, 7) is 1.10. The predicted molar refractivity (Wildman–Crippen MR) is 54.1 cm³/mol. The molecular formula is C9H16F3N3O2. The number of alkyl halides is 3. The van der Waals surface area contributed by atoms with Crippen LogP contribution in [0.3, 0.4) is 0 Å². The normalized spacial score (nSPS) is 18.5. The first-order valence-electron chi connectivity index (χ1n) is 5.26. The van der Waals surface area contributed by atoms with Crippen LogP contribution in [0.1, 0.15) is 0 Å². The van der Waals surface area contributed by atoms with E-state index in [9.17, 15) is 18.0 Å². The van der Waals surface area contributed by atoms with Gasteiger partial charge >= 0.3 is 6.18 Å². The van der Waals surface area contributed by atoms with Crippen LogP contribution in [0.4, 0.5) is 13.2 Å². The predicted octanol–water partition coefficient (Wildman–Crippen LogP) is -0.156. The zero-order chi connectivity index (χ0) is 12.9. The molecule has 0 atom stereocenters. The van der Waals surface area contributed by atoms with Crippen molar-refractivity contribution in [2.75, 3.05) is 46.4 Å². The van der Waals surface area contributed by atoms with Gasteiger partial charge in [-0.25, -0.2) is 0 Å². The van der Waals surface area contributed by atoms with Crippen LogP contribution in [-0.4, -0.2) is 68.3 Å². The molecule has 0 aromatic rings. The average Bonchev–Trinajstić information content (AvgIpc) is 2.24. The first-order chi connectivity index (χ1) is 7.88. The van der Waals surface area contributed by atoms with Crippen molar-refractivity contribution in [1.82, 2.24) is 15.3 Å². The molecule has 1 N–H and O–H groups in total. The number of hydrogen-bond acceptors (Lipinski definition) is 4. The number of nitrogens with zero attached hydrogens (tertiary/aromatic N) is 2. The van der Waals surface area contributed by atoms with Crippen LogP contribution >= 0.6 is 0 Å². The Kier molecular flexibility index (Phi) is 5.16. The van der Waals surface area contributed by atoms with Gasteiger partial charge in [0.2, 0.25) is 5.91 Å². The molecule has 1 fully saturated rings. The van der Waals surface area contributed by atoms with E-state index >= 15 is 0 Å². The van der Waals surface area contributed by atoms with Gasteiger partial charge in [-0.3, -0.25) is 9.63 Å². The smallest absolute Gasteiger partial charge is 0.339 e. The molecule has 1 rings (SSSR count). The van der Waals surface area contributed by atoms with Crippen LogP contribution in [0.2, 0.25) is 0 Å². The summed E-state index contributed by atoms with van der Waals surface area (Å²) in [6, 6.07) is 0. The van der Waals surface area contributed by atoms with Crippen molar-refractivity contribution in [2.45, 2.75) is 6.18 Å². The number of nitrogens with one attached hydrogen (secondary N) is 1. The number of hydroxylamine groups is 1. The second-order valence-electron chi connectivity index (χ2n) is 3.91. The van der Waals surface area contributed by atoms with E-state index in [4.69, 9.17) is 0 Å². The Morgan fingerprint density at radius 1 is 1.29 bits per heavy atom. The summed E-state index contributed by atoms with van der Waals surface area (Å²) in [7, 11) is 1.95. The average molecular weight is 255 g/mol. The van der Waals surface area contributed by atoms with E-state index in [0.29, 0.717) is 13.1 Å². The molecule has 0 saturated carbocycles. The minimum atomic E-state index is -4.39. The zero-order valence-electron chi connectivity index (χ0n) is 9.59. The highest BCUT2D eigenvalue weighted by atomic mass is 19.4. The summed E-state index contributed by atoms with van der Waals surface area (Å²) in [5.41, 5.74) is 2.03. The van der Waals surface area contributed by atoms with Gasteiger partial charge in [0, 0.05) is 26.2 Å². The Hall–Kier alpha value is -0.860. The van der Waals surface area contributed by atoms with Crippen LogP contribution in [0.15, 0.2) is 0 Å². The lowest BCUT2D eigenvalue weighted by Gasteiger charge is -2.32. The molecule has 0 radical (unpaired) electrons. The Labute approximate surface area is 97.4 Å². The third kappa shape index (κ3) is 5.85. The lowest BCUT2D eigenvalue weighted by atomic mass is 10.3. The van der Waals surface area contributed by atoms with Crippen molar-refractivity contribution < 1.29 is 22.8 Å². The molecular weight excluding hydrogens is 239 g/mol. The number of carbonyl (C=O) groups is 1. The largest absolute Gasteiger partial charge is 0.413 e. The second-order valence-corrected chi connectivity index (χ2v) is 3.91. The Bertz CT molecular complexity index is 252. The van der Waals surface area contributed by atoms with Crippen LogP contribution in [0, 0.1) is 0 Å². The lowest BCUT2D eigenvalue weighted by molar-refractivity contribution is -0.190. The Morgan fingerprint density at radius 2 is 1.88 bits per heavy atom. The Morgan fingerprint density at radius 3 is 2.41 bits per heavy atom. The summed E-state index contributed by atoms with van der Waals surface area (Å²) >= 11 is 0. The fourth-order valence-corrected chi connectivity index (χ4v) is 1.41. The molecule has 0 aliphatic carbocycles. The lowest BCUT2D eigenvalue weighted by Crippen LogP contribution is -2.49. The molecule has 0 aromatic carbocycles. The molecule has 1 amide bonds. The van der Waals surface area contributed by atoms with Crippen molar-refractivity contribution in [3.8, 4) is 0 Å². The molecule has 5 nitrogen and oxygen atoms in total. The van der Waals surface area contributed by atoms with Gasteiger partial charge in [0.05, 0.1) is 0 Å². The number of hydrogen-bond donors (Lipinski definition) is 1. The zero-order valence-corrected chi connectivity index (χ0v) is 9.59. The SMILES string of the molecule is CN1CCN(C(=O)CNOCC(F)(F)F)CC1. The van der Waals surface area contributed by atoms with E-state index in [1.165, 1.54) is 0 Å². The van der Waals surface area contributed by atoms with Gasteiger partial charge in [-0.2, -0.15) is 18.7 Å². The number of amides is 1. The van der Waals surface area contributed by atoms with E-state index in [0.717, 1.165) is 13.1 Å². The van der Waals surface area contributed by atoms with Crippen LogP contribution in [0.25, 0.3) is 0 Å². The fourth-order valence-electron chi connectivity index (χ4n) is 1.41. The van der Waals surface area contributed by atoms with E-state index in [-0.39, 0.29) is 12.5 Å². The van der Waals surface area contributed by atoms with Crippen molar-refractivity contribution in [2.24, 2.45) is 0 Å². The van der Waals surface area contributed by atoms with Crippen LogP contribution < -0.4 is 5.48 Å². The number of likely N-dealkylation sites (N-methyl/N-ethyl adjacent to an activating group) is 1. The highest BCUT2D eigenvalue weighted by Crippen LogP contribution is 2.13. The number of carbonyl (C=O) groups excluding carboxylic acids is 1. The molecule has 0 bridgehead atoms. The molecule has 1 heterocycles. The topological polar surface area (TPSA) is 44.8 Å². The van der Waals surface area contributed by atoms with Gasteiger partial charge in [0.15, 0.2) is 6.61 Å². The molecule has 0 aromatic heterocycles. The van der Waals surface area contributed by atoms with E-state index < -0.39 is 12.8 Å². The highest BCUT2D eigenvalue weighted by Gasteiger charge is 2.28. The third-order valence-corrected chi connectivity index (χ3v) is 2.42. The van der Waals surface area contributed by atoms with E-state index in [1.807, 2.05) is 12.5 Å². The first kappa shape index (κ1) is 14.2. The Balaban J connectivity index is 2.13. The number of halogens is 3. The molecule has 1 aliphatic heterocycles. The minimum Gasteiger partial charge on any atom is -0.339 e. The summed E-state index contributed by atoms with van der Waals surface area (Å²) in [4.78, 5) is 19.3. The number of piperazine rings is 1. The first-order valence-corrected chi connectivity index (χ1v) is 5.26. The maximum atomic E-state index is 11.7. The molecule has 0 unspecified atom stereocenters. The monoisotopic (exact) mass is 255 g/mol. The summed E-state index contributed by atoms with van der Waals surface area (Å²) in [6.07, 6.45) is -4.39. The second kappa shape index (κ2) is 6.18. The van der Waals surface area contributed by atoms with Gasteiger partial charge < -0.3 is 9.80 Å². The van der Waals surface area contributed by atoms with Gasteiger partial charge in [-0.05, 0) is 7.05 Å².